The SMILES string of the molecule is CCCCC(=O)NCc1ccccc1S(=O)(=O)N(C)C. The number of carbonyl (C=O) groups is 1. The van der Waals surface area contributed by atoms with E-state index in [-0.39, 0.29) is 17.3 Å². The Balaban J connectivity index is 2.85. The van der Waals surface area contributed by atoms with Crippen LogP contribution >= 0.6 is 0 Å². The van der Waals surface area contributed by atoms with E-state index in [1.54, 1.807) is 24.3 Å². The van der Waals surface area contributed by atoms with Crippen molar-refractivity contribution >= 4 is 15.9 Å². The monoisotopic (exact) mass is 298 g/mol. The highest BCUT2D eigenvalue weighted by Crippen LogP contribution is 2.18. The molecule has 5 nitrogen and oxygen atoms in total. The van der Waals surface area contributed by atoms with Gasteiger partial charge in [-0.15, -0.1) is 0 Å². The minimum atomic E-state index is -3.49. The van der Waals surface area contributed by atoms with Gasteiger partial charge in [-0.25, -0.2) is 12.7 Å². The van der Waals surface area contributed by atoms with Gasteiger partial charge in [0.05, 0.1) is 4.90 Å². The second-order valence-electron chi connectivity index (χ2n) is 4.78. The summed E-state index contributed by atoms with van der Waals surface area (Å²) >= 11 is 0. The van der Waals surface area contributed by atoms with Crippen molar-refractivity contribution in [2.75, 3.05) is 14.1 Å². The first-order valence-corrected chi connectivity index (χ1v) is 8.10. The normalized spacial score (nSPS) is 11.6. The van der Waals surface area contributed by atoms with Crippen molar-refractivity contribution in [3.63, 3.8) is 0 Å². The fourth-order valence-electron chi connectivity index (χ4n) is 1.72. The molecule has 1 amide bonds. The third-order valence-electron chi connectivity index (χ3n) is 2.96. The van der Waals surface area contributed by atoms with E-state index in [1.807, 2.05) is 6.92 Å². The molecule has 0 aliphatic rings. The lowest BCUT2D eigenvalue weighted by Gasteiger charge is -2.15. The van der Waals surface area contributed by atoms with Gasteiger partial charge in [0.15, 0.2) is 0 Å². The number of hydrogen-bond donors (Lipinski definition) is 1. The lowest BCUT2D eigenvalue weighted by atomic mass is 10.2. The summed E-state index contributed by atoms with van der Waals surface area (Å²) in [7, 11) is -0.506. The van der Waals surface area contributed by atoms with Crippen LogP contribution in [0.4, 0.5) is 0 Å². The molecule has 0 bridgehead atoms. The van der Waals surface area contributed by atoms with Crippen LogP contribution in [0.5, 0.6) is 0 Å². The number of rotatable bonds is 7. The minimum absolute atomic E-state index is 0.0519. The first-order chi connectivity index (χ1) is 9.39. The van der Waals surface area contributed by atoms with Gasteiger partial charge in [0.2, 0.25) is 15.9 Å². The van der Waals surface area contributed by atoms with Gasteiger partial charge < -0.3 is 5.32 Å². The Morgan fingerprint density at radius 3 is 2.50 bits per heavy atom. The van der Waals surface area contributed by atoms with Crippen LogP contribution in [-0.2, 0) is 21.4 Å². The lowest BCUT2D eigenvalue weighted by molar-refractivity contribution is -0.121. The highest BCUT2D eigenvalue weighted by atomic mass is 32.2. The molecule has 6 heteroatoms. The van der Waals surface area contributed by atoms with Crippen molar-refractivity contribution in [3.05, 3.63) is 29.8 Å². The van der Waals surface area contributed by atoms with E-state index in [9.17, 15) is 13.2 Å². The Kier molecular flexibility index (Phi) is 6.16. The minimum Gasteiger partial charge on any atom is -0.352 e. The van der Waals surface area contributed by atoms with Crippen LogP contribution in [0.25, 0.3) is 0 Å². The van der Waals surface area contributed by atoms with Gasteiger partial charge in [-0.1, -0.05) is 31.5 Å². The van der Waals surface area contributed by atoms with Crippen LogP contribution in [0.1, 0.15) is 31.7 Å². The number of sulfonamides is 1. The Morgan fingerprint density at radius 1 is 1.25 bits per heavy atom. The lowest BCUT2D eigenvalue weighted by Crippen LogP contribution is -2.26. The zero-order chi connectivity index (χ0) is 15.2. The molecule has 0 aliphatic heterocycles. The molecule has 0 spiro atoms. The number of nitrogens with one attached hydrogen (secondary N) is 1. The van der Waals surface area contributed by atoms with Gasteiger partial charge in [-0.3, -0.25) is 4.79 Å². The van der Waals surface area contributed by atoms with Crippen LogP contribution in [0, 0.1) is 0 Å². The van der Waals surface area contributed by atoms with Gasteiger partial charge in [0.25, 0.3) is 0 Å². The number of benzene rings is 1. The fraction of sp³-hybridized carbons (Fsp3) is 0.500. The maximum Gasteiger partial charge on any atom is 0.242 e. The topological polar surface area (TPSA) is 66.5 Å². The van der Waals surface area contributed by atoms with E-state index in [0.717, 1.165) is 12.8 Å². The summed E-state index contributed by atoms with van der Waals surface area (Å²) in [6.07, 6.45) is 2.27. The molecule has 0 unspecified atom stereocenters. The molecule has 0 radical (unpaired) electrons. The zero-order valence-corrected chi connectivity index (χ0v) is 13.0. The van der Waals surface area contributed by atoms with Crippen LogP contribution in [-0.4, -0.2) is 32.7 Å². The average molecular weight is 298 g/mol. The molecule has 0 aliphatic carbocycles. The summed E-state index contributed by atoms with van der Waals surface area (Å²) in [6, 6.07) is 6.72. The summed E-state index contributed by atoms with van der Waals surface area (Å²) in [5.41, 5.74) is 0.603. The Morgan fingerprint density at radius 2 is 1.90 bits per heavy atom. The smallest absolute Gasteiger partial charge is 0.242 e. The summed E-state index contributed by atoms with van der Waals surface area (Å²) in [6.45, 7) is 2.25. The maximum absolute atomic E-state index is 12.2. The van der Waals surface area contributed by atoms with Gasteiger partial charge in [-0.05, 0) is 18.1 Å². The molecular formula is C14H22N2O3S. The first-order valence-electron chi connectivity index (χ1n) is 6.66. The molecule has 0 heterocycles. The van der Waals surface area contributed by atoms with Crippen molar-refractivity contribution in [3.8, 4) is 0 Å². The third-order valence-corrected chi connectivity index (χ3v) is 4.88. The van der Waals surface area contributed by atoms with Crippen LogP contribution in [0.15, 0.2) is 29.2 Å². The second kappa shape index (κ2) is 7.40. The van der Waals surface area contributed by atoms with Crippen molar-refractivity contribution in [1.82, 2.24) is 9.62 Å². The predicted octanol–water partition coefficient (Wildman–Crippen LogP) is 1.74. The number of amides is 1. The Bertz CT molecular complexity index is 553. The van der Waals surface area contributed by atoms with Crippen molar-refractivity contribution < 1.29 is 13.2 Å². The summed E-state index contributed by atoms with van der Waals surface area (Å²) in [4.78, 5) is 11.8. The highest BCUT2D eigenvalue weighted by Gasteiger charge is 2.20. The Labute approximate surface area is 121 Å². The molecule has 1 aromatic carbocycles. The summed E-state index contributed by atoms with van der Waals surface area (Å²) in [5.74, 6) is -0.0519. The van der Waals surface area contributed by atoms with E-state index in [2.05, 4.69) is 5.32 Å². The van der Waals surface area contributed by atoms with Crippen LogP contribution in [0.3, 0.4) is 0 Å². The molecule has 0 atom stereocenters. The molecule has 0 aromatic heterocycles. The number of unbranched alkanes of at least 4 members (excludes halogenated alkanes) is 1. The van der Waals surface area contributed by atoms with Gasteiger partial charge in [0, 0.05) is 27.1 Å². The van der Waals surface area contributed by atoms with Crippen molar-refractivity contribution in [2.24, 2.45) is 0 Å². The van der Waals surface area contributed by atoms with Crippen LogP contribution < -0.4 is 5.32 Å². The predicted molar refractivity (Wildman–Crippen MR) is 78.7 cm³/mol. The molecule has 112 valence electrons. The number of hydrogen-bond acceptors (Lipinski definition) is 3. The molecule has 0 saturated carbocycles. The van der Waals surface area contributed by atoms with Gasteiger partial charge in [0.1, 0.15) is 0 Å². The fourth-order valence-corrected chi connectivity index (χ4v) is 2.83. The largest absolute Gasteiger partial charge is 0.352 e. The summed E-state index contributed by atoms with van der Waals surface area (Å²) < 4.78 is 25.5. The van der Waals surface area contributed by atoms with E-state index in [1.165, 1.54) is 18.4 Å². The van der Waals surface area contributed by atoms with E-state index < -0.39 is 10.0 Å². The quantitative estimate of drug-likeness (QED) is 0.834. The number of nitrogens with zero attached hydrogens (tertiary/aromatic N) is 1. The van der Waals surface area contributed by atoms with Gasteiger partial charge in [-0.2, -0.15) is 0 Å². The molecular weight excluding hydrogens is 276 g/mol. The molecule has 1 aromatic rings. The van der Waals surface area contributed by atoms with E-state index >= 15 is 0 Å². The molecule has 0 fully saturated rings. The van der Waals surface area contributed by atoms with E-state index in [4.69, 9.17) is 0 Å². The highest BCUT2D eigenvalue weighted by molar-refractivity contribution is 7.89. The molecule has 0 saturated heterocycles. The van der Waals surface area contributed by atoms with E-state index in [0.29, 0.717) is 12.0 Å². The molecule has 20 heavy (non-hydrogen) atoms. The average Bonchev–Trinajstić information content (AvgIpc) is 2.42. The number of carbonyl (C=O) groups excluding carboxylic acids is 1. The van der Waals surface area contributed by atoms with Crippen molar-refractivity contribution in [2.45, 2.75) is 37.6 Å². The third kappa shape index (κ3) is 4.31. The summed E-state index contributed by atoms with van der Waals surface area (Å²) in [5, 5.41) is 2.76. The molecule has 1 N–H and O–H groups in total. The maximum atomic E-state index is 12.2. The van der Waals surface area contributed by atoms with Crippen molar-refractivity contribution in [1.29, 1.82) is 0 Å². The van der Waals surface area contributed by atoms with Crippen LogP contribution in [0.2, 0.25) is 0 Å². The Hall–Kier alpha value is -1.40. The standard InChI is InChI=1S/C14H22N2O3S/c1-4-5-10-14(17)15-11-12-8-6-7-9-13(12)20(18,19)16(2)3/h6-9H,4-5,10-11H2,1-3H3,(H,15,17). The second-order valence-corrected chi connectivity index (χ2v) is 6.90. The molecule has 1 rings (SSSR count). The zero-order valence-electron chi connectivity index (χ0n) is 12.2. The van der Waals surface area contributed by atoms with Gasteiger partial charge >= 0.3 is 0 Å². The first kappa shape index (κ1) is 16.7.